The molecule has 1 aromatic carbocycles. The average molecular weight is 366 g/mol. The van der Waals surface area contributed by atoms with Crippen molar-refractivity contribution in [3.8, 4) is 6.07 Å². The van der Waals surface area contributed by atoms with Crippen LogP contribution in [-0.4, -0.2) is 39.7 Å². The molecule has 8 heteroatoms. The van der Waals surface area contributed by atoms with Crippen molar-refractivity contribution in [1.82, 2.24) is 4.72 Å². The van der Waals surface area contributed by atoms with Crippen LogP contribution in [0.2, 0.25) is 0 Å². The van der Waals surface area contributed by atoms with Gasteiger partial charge in [-0.05, 0) is 38.8 Å². The monoisotopic (exact) mass is 366 g/mol. The van der Waals surface area contributed by atoms with E-state index in [9.17, 15) is 18.5 Å². The summed E-state index contributed by atoms with van der Waals surface area (Å²) >= 11 is 0. The SMILES string of the molecule is CCOC(=O)[C@@H](NS(=O)(=O)c1ccc(C)cc1)[C@@H]1CCCO[C@H]1C#N. The fourth-order valence-electron chi connectivity index (χ4n) is 2.77. The first-order valence-electron chi connectivity index (χ1n) is 8.16. The zero-order valence-electron chi connectivity index (χ0n) is 14.3. The van der Waals surface area contributed by atoms with Crippen LogP contribution in [0.25, 0.3) is 0 Å². The molecular weight excluding hydrogens is 344 g/mol. The topological polar surface area (TPSA) is 105 Å². The zero-order chi connectivity index (χ0) is 18.4. The molecule has 1 saturated heterocycles. The third kappa shape index (κ3) is 4.78. The molecular formula is C17H22N2O5S. The standard InChI is InChI=1S/C17H22N2O5S/c1-3-23-17(20)16(14-5-4-10-24-15(14)11-18)19-25(21,22)13-8-6-12(2)7-9-13/h6-9,14-16,19H,3-5,10H2,1-2H3/t14-,15+,16+/m1/s1. The summed E-state index contributed by atoms with van der Waals surface area (Å²) in [5, 5.41) is 9.26. The molecule has 0 unspecified atom stereocenters. The number of nitrogens with one attached hydrogen (secondary N) is 1. The number of nitrogens with zero attached hydrogens (tertiary/aromatic N) is 1. The Hall–Kier alpha value is -1.95. The van der Waals surface area contributed by atoms with E-state index in [2.05, 4.69) is 4.72 Å². The van der Waals surface area contributed by atoms with Crippen molar-refractivity contribution < 1.29 is 22.7 Å². The maximum Gasteiger partial charge on any atom is 0.324 e. The van der Waals surface area contributed by atoms with E-state index in [0.29, 0.717) is 19.4 Å². The second kappa shape index (κ2) is 8.43. The maximum atomic E-state index is 12.7. The molecule has 1 aliphatic heterocycles. The molecule has 0 saturated carbocycles. The number of esters is 1. The van der Waals surface area contributed by atoms with Crippen molar-refractivity contribution in [2.45, 2.75) is 43.7 Å². The number of carbonyl (C=O) groups is 1. The third-order valence-electron chi connectivity index (χ3n) is 4.08. The van der Waals surface area contributed by atoms with Crippen LogP contribution in [0.3, 0.4) is 0 Å². The minimum Gasteiger partial charge on any atom is -0.465 e. The van der Waals surface area contributed by atoms with Crippen molar-refractivity contribution in [1.29, 1.82) is 5.26 Å². The van der Waals surface area contributed by atoms with Gasteiger partial charge in [0, 0.05) is 12.5 Å². The average Bonchev–Trinajstić information content (AvgIpc) is 2.60. The van der Waals surface area contributed by atoms with E-state index in [1.165, 1.54) is 12.1 Å². The van der Waals surface area contributed by atoms with Gasteiger partial charge >= 0.3 is 5.97 Å². The summed E-state index contributed by atoms with van der Waals surface area (Å²) in [6, 6.07) is 7.12. The molecule has 136 valence electrons. The van der Waals surface area contributed by atoms with Crippen LogP contribution >= 0.6 is 0 Å². The summed E-state index contributed by atoms with van der Waals surface area (Å²) in [7, 11) is -3.94. The normalized spacial score (nSPS) is 22.0. The molecule has 0 aromatic heterocycles. The highest BCUT2D eigenvalue weighted by molar-refractivity contribution is 7.89. The largest absolute Gasteiger partial charge is 0.465 e. The molecule has 1 N–H and O–H groups in total. The first-order chi connectivity index (χ1) is 11.9. The summed E-state index contributed by atoms with van der Waals surface area (Å²) in [4.78, 5) is 12.4. The summed E-state index contributed by atoms with van der Waals surface area (Å²) in [6.07, 6.45) is 0.284. The molecule has 0 aliphatic carbocycles. The van der Waals surface area contributed by atoms with E-state index in [1.807, 2.05) is 13.0 Å². The minimum atomic E-state index is -3.94. The fourth-order valence-corrected chi connectivity index (χ4v) is 4.01. The van der Waals surface area contributed by atoms with Crippen LogP contribution in [0.4, 0.5) is 0 Å². The lowest BCUT2D eigenvalue weighted by Gasteiger charge is -2.32. The lowest BCUT2D eigenvalue weighted by molar-refractivity contribution is -0.149. The molecule has 0 amide bonds. The Balaban J connectivity index is 2.30. The summed E-state index contributed by atoms with van der Waals surface area (Å²) in [6.45, 7) is 4.02. The maximum absolute atomic E-state index is 12.7. The van der Waals surface area contributed by atoms with Crippen LogP contribution in [0.15, 0.2) is 29.2 Å². The molecule has 1 aromatic rings. The Bertz CT molecular complexity index is 739. The van der Waals surface area contributed by atoms with Gasteiger partial charge in [0.15, 0.2) is 0 Å². The van der Waals surface area contributed by atoms with Crippen LogP contribution < -0.4 is 4.72 Å². The smallest absolute Gasteiger partial charge is 0.324 e. The number of rotatable bonds is 6. The molecule has 3 atom stereocenters. The molecule has 2 rings (SSSR count). The van der Waals surface area contributed by atoms with E-state index in [-0.39, 0.29) is 11.5 Å². The van der Waals surface area contributed by atoms with E-state index in [1.54, 1.807) is 19.1 Å². The predicted molar refractivity (Wildman–Crippen MR) is 90.0 cm³/mol. The number of sulfonamides is 1. The Morgan fingerprint density at radius 1 is 1.44 bits per heavy atom. The van der Waals surface area contributed by atoms with Crippen molar-refractivity contribution in [3.63, 3.8) is 0 Å². The van der Waals surface area contributed by atoms with E-state index in [0.717, 1.165) is 5.56 Å². The zero-order valence-corrected chi connectivity index (χ0v) is 15.1. The van der Waals surface area contributed by atoms with Gasteiger partial charge in [-0.3, -0.25) is 4.79 Å². The van der Waals surface area contributed by atoms with Gasteiger partial charge in [0.2, 0.25) is 10.0 Å². The number of nitriles is 1. The lowest BCUT2D eigenvalue weighted by atomic mass is 9.88. The van der Waals surface area contributed by atoms with Crippen LogP contribution in [-0.2, 0) is 24.3 Å². The van der Waals surface area contributed by atoms with Crippen molar-refractivity contribution in [2.24, 2.45) is 5.92 Å². The summed E-state index contributed by atoms with van der Waals surface area (Å²) in [5.74, 6) is -1.30. The minimum absolute atomic E-state index is 0.0534. The second-order valence-electron chi connectivity index (χ2n) is 5.89. The molecule has 0 bridgehead atoms. The van der Waals surface area contributed by atoms with Gasteiger partial charge < -0.3 is 9.47 Å². The van der Waals surface area contributed by atoms with Crippen molar-refractivity contribution in [2.75, 3.05) is 13.2 Å². The number of aryl methyl sites for hydroxylation is 1. The number of hydrogen-bond acceptors (Lipinski definition) is 6. The van der Waals surface area contributed by atoms with Crippen LogP contribution in [0.5, 0.6) is 0 Å². The highest BCUT2D eigenvalue weighted by Crippen LogP contribution is 2.26. The van der Waals surface area contributed by atoms with Gasteiger partial charge in [0.25, 0.3) is 0 Å². The third-order valence-corrected chi connectivity index (χ3v) is 5.53. The molecule has 0 radical (unpaired) electrons. The van der Waals surface area contributed by atoms with Crippen LogP contribution in [0.1, 0.15) is 25.3 Å². The number of hydrogen-bond donors (Lipinski definition) is 1. The summed E-state index contributed by atoms with van der Waals surface area (Å²) < 4.78 is 38.1. The second-order valence-corrected chi connectivity index (χ2v) is 7.60. The first-order valence-corrected chi connectivity index (χ1v) is 9.64. The number of ether oxygens (including phenoxy) is 2. The highest BCUT2D eigenvalue weighted by atomic mass is 32.2. The molecule has 1 fully saturated rings. The first kappa shape index (κ1) is 19.4. The fraction of sp³-hybridized carbons (Fsp3) is 0.529. The van der Waals surface area contributed by atoms with Gasteiger partial charge in [-0.1, -0.05) is 17.7 Å². The Morgan fingerprint density at radius 2 is 2.12 bits per heavy atom. The molecule has 0 spiro atoms. The number of carbonyl (C=O) groups excluding carboxylic acids is 1. The number of benzene rings is 1. The van der Waals surface area contributed by atoms with E-state index < -0.39 is 34.1 Å². The molecule has 1 heterocycles. The van der Waals surface area contributed by atoms with Gasteiger partial charge in [-0.2, -0.15) is 9.98 Å². The predicted octanol–water partition coefficient (Wildman–Crippen LogP) is 1.52. The molecule has 1 aliphatic rings. The highest BCUT2D eigenvalue weighted by Gasteiger charge is 2.40. The van der Waals surface area contributed by atoms with Crippen molar-refractivity contribution in [3.05, 3.63) is 29.8 Å². The van der Waals surface area contributed by atoms with Gasteiger partial charge in [0.1, 0.15) is 12.1 Å². The molecule has 7 nitrogen and oxygen atoms in total. The van der Waals surface area contributed by atoms with Gasteiger partial charge in [0.05, 0.1) is 17.6 Å². The lowest BCUT2D eigenvalue weighted by Crippen LogP contribution is -2.51. The Kier molecular flexibility index (Phi) is 6.53. The Labute approximate surface area is 148 Å². The molecule has 25 heavy (non-hydrogen) atoms. The van der Waals surface area contributed by atoms with Gasteiger partial charge in [-0.15, -0.1) is 0 Å². The van der Waals surface area contributed by atoms with Gasteiger partial charge in [-0.25, -0.2) is 8.42 Å². The summed E-state index contributed by atoms with van der Waals surface area (Å²) in [5.41, 5.74) is 0.922. The quantitative estimate of drug-likeness (QED) is 0.765. The van der Waals surface area contributed by atoms with Crippen molar-refractivity contribution >= 4 is 16.0 Å². The Morgan fingerprint density at radius 3 is 2.72 bits per heavy atom. The van der Waals surface area contributed by atoms with E-state index in [4.69, 9.17) is 9.47 Å². The van der Waals surface area contributed by atoms with E-state index >= 15 is 0 Å². The van der Waals surface area contributed by atoms with Crippen LogP contribution in [0, 0.1) is 24.2 Å².